The summed E-state index contributed by atoms with van der Waals surface area (Å²) in [6.45, 7) is 13.5. The lowest BCUT2D eigenvalue weighted by atomic mass is 9.99. The molecule has 0 amide bonds. The van der Waals surface area contributed by atoms with Crippen molar-refractivity contribution in [2.24, 2.45) is 11.8 Å². The van der Waals surface area contributed by atoms with Gasteiger partial charge in [-0.1, -0.05) is 58.0 Å². The highest BCUT2D eigenvalue weighted by atomic mass is 15.1. The summed E-state index contributed by atoms with van der Waals surface area (Å²) < 4.78 is 0. The molecule has 0 saturated carbocycles. The number of hydrogen-bond donors (Lipinski definition) is 0. The van der Waals surface area contributed by atoms with Gasteiger partial charge in [0.2, 0.25) is 0 Å². The van der Waals surface area contributed by atoms with Crippen molar-refractivity contribution in [1.82, 2.24) is 4.98 Å². The maximum absolute atomic E-state index is 4.74. The van der Waals surface area contributed by atoms with Gasteiger partial charge in [0.05, 0.1) is 5.69 Å². The van der Waals surface area contributed by atoms with E-state index >= 15 is 0 Å². The third-order valence-electron chi connectivity index (χ3n) is 4.69. The predicted molar refractivity (Wildman–Crippen MR) is 114 cm³/mol. The van der Waals surface area contributed by atoms with E-state index in [1.807, 2.05) is 6.20 Å². The normalized spacial score (nSPS) is 11.5. The summed E-state index contributed by atoms with van der Waals surface area (Å²) in [6.07, 6.45) is 1.92. The number of benzene rings is 2. The number of pyridine rings is 1. The molecule has 0 N–H and O–H groups in total. The Morgan fingerprint density at radius 3 is 2.27 bits per heavy atom. The zero-order chi connectivity index (χ0) is 18.7. The van der Waals surface area contributed by atoms with Crippen LogP contribution in [-0.2, 0) is 0 Å². The number of rotatable bonds is 6. The van der Waals surface area contributed by atoms with Gasteiger partial charge in [0.1, 0.15) is 0 Å². The molecule has 0 saturated heterocycles. The van der Waals surface area contributed by atoms with Gasteiger partial charge in [0.15, 0.2) is 0 Å². The molecule has 0 fully saturated rings. The zero-order valence-electron chi connectivity index (χ0n) is 16.7. The van der Waals surface area contributed by atoms with E-state index in [4.69, 9.17) is 4.98 Å². The van der Waals surface area contributed by atoms with E-state index in [0.717, 1.165) is 18.8 Å². The fourth-order valence-electron chi connectivity index (χ4n) is 3.56. The van der Waals surface area contributed by atoms with Gasteiger partial charge in [0.25, 0.3) is 0 Å². The largest absolute Gasteiger partial charge is 0.371 e. The van der Waals surface area contributed by atoms with Crippen LogP contribution in [0.2, 0.25) is 0 Å². The SMILES string of the molecule is Cc1ccc(N(CC(C)C)CC(C)C)cc1-c1nccc2ccccc12. The average molecular weight is 347 g/mol. The van der Waals surface area contributed by atoms with Gasteiger partial charge in [-0.25, -0.2) is 0 Å². The summed E-state index contributed by atoms with van der Waals surface area (Å²) in [5.41, 5.74) is 4.88. The van der Waals surface area contributed by atoms with Gasteiger partial charge in [-0.3, -0.25) is 4.98 Å². The molecule has 0 spiro atoms. The third kappa shape index (κ3) is 4.07. The molecule has 0 aliphatic rings. The topological polar surface area (TPSA) is 16.1 Å². The van der Waals surface area contributed by atoms with E-state index in [9.17, 15) is 0 Å². The Hall–Kier alpha value is -2.35. The zero-order valence-corrected chi connectivity index (χ0v) is 16.7. The number of fused-ring (bicyclic) bond motifs is 1. The Labute approximate surface area is 157 Å². The van der Waals surface area contributed by atoms with Crippen molar-refractivity contribution < 1.29 is 0 Å². The van der Waals surface area contributed by atoms with Gasteiger partial charge in [-0.2, -0.15) is 0 Å². The highest BCUT2D eigenvalue weighted by molar-refractivity contribution is 5.95. The first kappa shape index (κ1) is 18.4. The summed E-state index contributed by atoms with van der Waals surface area (Å²) in [4.78, 5) is 7.26. The van der Waals surface area contributed by atoms with Crippen molar-refractivity contribution in [2.45, 2.75) is 34.6 Å². The number of hydrogen-bond acceptors (Lipinski definition) is 2. The van der Waals surface area contributed by atoms with Gasteiger partial charge < -0.3 is 4.90 Å². The maximum atomic E-state index is 4.74. The van der Waals surface area contributed by atoms with Crippen molar-refractivity contribution in [2.75, 3.05) is 18.0 Å². The summed E-state index contributed by atoms with van der Waals surface area (Å²) in [5, 5.41) is 2.46. The second kappa shape index (κ2) is 7.90. The molecule has 0 radical (unpaired) electrons. The van der Waals surface area contributed by atoms with Crippen LogP contribution < -0.4 is 4.90 Å². The molecule has 1 heterocycles. The molecule has 3 aromatic rings. The van der Waals surface area contributed by atoms with Crippen LogP contribution in [0.3, 0.4) is 0 Å². The van der Waals surface area contributed by atoms with Crippen LogP contribution in [0.5, 0.6) is 0 Å². The Balaban J connectivity index is 2.09. The minimum absolute atomic E-state index is 0.634. The molecule has 3 rings (SSSR count). The van der Waals surface area contributed by atoms with Crippen LogP contribution in [0.1, 0.15) is 33.3 Å². The minimum atomic E-state index is 0.634. The predicted octanol–water partition coefficient (Wildman–Crippen LogP) is 6.33. The lowest BCUT2D eigenvalue weighted by Crippen LogP contribution is -2.31. The molecule has 0 unspecified atom stereocenters. The number of nitrogens with zero attached hydrogens (tertiary/aromatic N) is 2. The molecular formula is C24H30N2. The summed E-state index contributed by atoms with van der Waals surface area (Å²) in [5.74, 6) is 1.27. The van der Waals surface area contributed by atoms with Gasteiger partial charge in [-0.15, -0.1) is 0 Å². The molecule has 2 aromatic carbocycles. The van der Waals surface area contributed by atoms with E-state index in [-0.39, 0.29) is 0 Å². The molecule has 26 heavy (non-hydrogen) atoms. The Morgan fingerprint density at radius 1 is 0.885 bits per heavy atom. The molecule has 136 valence electrons. The first-order chi connectivity index (χ1) is 12.5. The fraction of sp³-hybridized carbons (Fsp3) is 0.375. The van der Waals surface area contributed by atoms with Gasteiger partial charge >= 0.3 is 0 Å². The van der Waals surface area contributed by atoms with Crippen LogP contribution in [0.25, 0.3) is 22.0 Å². The van der Waals surface area contributed by atoms with E-state index in [0.29, 0.717) is 11.8 Å². The molecule has 2 heteroatoms. The maximum Gasteiger partial charge on any atom is 0.0783 e. The average Bonchev–Trinajstić information content (AvgIpc) is 2.60. The van der Waals surface area contributed by atoms with E-state index in [1.165, 1.54) is 27.6 Å². The molecule has 2 nitrogen and oxygen atoms in total. The monoisotopic (exact) mass is 346 g/mol. The molecule has 1 aromatic heterocycles. The van der Waals surface area contributed by atoms with Crippen molar-refractivity contribution >= 4 is 16.5 Å². The highest BCUT2D eigenvalue weighted by Crippen LogP contribution is 2.32. The molecular weight excluding hydrogens is 316 g/mol. The van der Waals surface area contributed by atoms with E-state index < -0.39 is 0 Å². The quantitative estimate of drug-likeness (QED) is 0.518. The second-order valence-electron chi connectivity index (χ2n) is 8.07. The lowest BCUT2D eigenvalue weighted by molar-refractivity contribution is 0.553. The Kier molecular flexibility index (Phi) is 5.61. The first-order valence-electron chi connectivity index (χ1n) is 9.65. The van der Waals surface area contributed by atoms with Crippen molar-refractivity contribution in [1.29, 1.82) is 0 Å². The van der Waals surface area contributed by atoms with Crippen LogP contribution >= 0.6 is 0 Å². The number of anilines is 1. The van der Waals surface area contributed by atoms with Crippen LogP contribution in [0.15, 0.2) is 54.7 Å². The summed E-state index contributed by atoms with van der Waals surface area (Å²) >= 11 is 0. The van der Waals surface area contributed by atoms with E-state index in [2.05, 4.69) is 88.0 Å². The minimum Gasteiger partial charge on any atom is -0.371 e. The van der Waals surface area contributed by atoms with Crippen LogP contribution in [0, 0.1) is 18.8 Å². The smallest absolute Gasteiger partial charge is 0.0783 e. The molecule has 0 aliphatic heterocycles. The summed E-state index contributed by atoms with van der Waals surface area (Å²) in [6, 6.07) is 17.4. The highest BCUT2D eigenvalue weighted by Gasteiger charge is 2.14. The Bertz CT molecular complexity index is 865. The number of aryl methyl sites for hydroxylation is 1. The first-order valence-corrected chi connectivity index (χ1v) is 9.65. The van der Waals surface area contributed by atoms with Crippen molar-refractivity contribution in [3.8, 4) is 11.3 Å². The van der Waals surface area contributed by atoms with Crippen molar-refractivity contribution in [3.05, 3.63) is 60.3 Å². The molecule has 0 atom stereocenters. The summed E-state index contributed by atoms with van der Waals surface area (Å²) in [7, 11) is 0. The standard InChI is InChI=1S/C24H30N2/c1-17(2)15-26(16-18(3)4)21-11-10-19(5)23(14-21)24-22-9-7-6-8-20(22)12-13-25-24/h6-14,17-18H,15-16H2,1-5H3. The molecule has 0 bridgehead atoms. The van der Waals surface area contributed by atoms with Gasteiger partial charge in [-0.05, 0) is 47.9 Å². The van der Waals surface area contributed by atoms with Crippen LogP contribution in [0.4, 0.5) is 5.69 Å². The second-order valence-corrected chi connectivity index (χ2v) is 8.07. The van der Waals surface area contributed by atoms with Crippen LogP contribution in [-0.4, -0.2) is 18.1 Å². The van der Waals surface area contributed by atoms with Gasteiger partial charge in [0, 0.05) is 35.9 Å². The molecule has 0 aliphatic carbocycles. The van der Waals surface area contributed by atoms with Crippen molar-refractivity contribution in [3.63, 3.8) is 0 Å². The number of aromatic nitrogens is 1. The lowest BCUT2D eigenvalue weighted by Gasteiger charge is -2.29. The fourth-order valence-corrected chi connectivity index (χ4v) is 3.56. The Morgan fingerprint density at radius 2 is 1.58 bits per heavy atom. The van der Waals surface area contributed by atoms with E-state index in [1.54, 1.807) is 0 Å². The third-order valence-corrected chi connectivity index (χ3v) is 4.69.